The second-order valence-corrected chi connectivity index (χ2v) is 7.15. The second kappa shape index (κ2) is 7.44. The molecule has 0 unspecified atom stereocenters. The molecule has 0 bridgehead atoms. The number of amides is 2. The molecule has 0 saturated carbocycles. The number of nitrogens with one attached hydrogen (secondary N) is 2. The summed E-state index contributed by atoms with van der Waals surface area (Å²) in [6, 6.07) is 2.83. The average Bonchev–Trinajstić information content (AvgIpc) is 2.96. The van der Waals surface area contributed by atoms with Gasteiger partial charge in [0.15, 0.2) is 0 Å². The average molecular weight is 431 g/mol. The molecule has 14 heteroatoms. The highest BCUT2D eigenvalue weighted by Gasteiger charge is 2.28. The van der Waals surface area contributed by atoms with E-state index >= 15 is 0 Å². The van der Waals surface area contributed by atoms with Gasteiger partial charge in [0.1, 0.15) is 5.65 Å². The molecule has 0 radical (unpaired) electrons. The number of pyridine rings is 1. The zero-order chi connectivity index (χ0) is 20.5. The number of anilines is 1. The van der Waals surface area contributed by atoms with Gasteiger partial charge in [0.05, 0.1) is 25.3 Å². The summed E-state index contributed by atoms with van der Waals surface area (Å²) in [6.45, 7) is 0. The smallest absolute Gasteiger partial charge is 0.335 e. The molecule has 3 rings (SSSR count). The van der Waals surface area contributed by atoms with Crippen LogP contribution in [-0.4, -0.2) is 48.0 Å². The SMILES string of the molecule is COc1cc(OC)nc(NC(=O)NS(=O)(=O)c2c(F)nc3ccc(Cl)cn23)n1. The van der Waals surface area contributed by atoms with E-state index in [4.69, 9.17) is 21.1 Å². The maximum Gasteiger partial charge on any atom is 0.335 e. The van der Waals surface area contributed by atoms with Crippen LogP contribution in [0.2, 0.25) is 5.02 Å². The van der Waals surface area contributed by atoms with Crippen LogP contribution in [0.25, 0.3) is 5.65 Å². The minimum absolute atomic E-state index is 0.0106. The van der Waals surface area contributed by atoms with Gasteiger partial charge >= 0.3 is 6.03 Å². The van der Waals surface area contributed by atoms with E-state index < -0.39 is 27.0 Å². The number of ether oxygens (including phenoxy) is 2. The van der Waals surface area contributed by atoms with E-state index in [-0.39, 0.29) is 28.4 Å². The van der Waals surface area contributed by atoms with Gasteiger partial charge in [-0.3, -0.25) is 9.72 Å². The van der Waals surface area contributed by atoms with Crippen LogP contribution in [0, 0.1) is 5.95 Å². The lowest BCUT2D eigenvalue weighted by Crippen LogP contribution is -2.36. The van der Waals surface area contributed by atoms with Gasteiger partial charge in [-0.1, -0.05) is 11.6 Å². The van der Waals surface area contributed by atoms with E-state index in [9.17, 15) is 17.6 Å². The van der Waals surface area contributed by atoms with Crippen molar-refractivity contribution in [2.75, 3.05) is 19.5 Å². The van der Waals surface area contributed by atoms with Gasteiger partial charge < -0.3 is 9.47 Å². The molecule has 2 N–H and O–H groups in total. The first-order chi connectivity index (χ1) is 13.2. The molecule has 0 aliphatic carbocycles. The first-order valence-electron chi connectivity index (χ1n) is 7.37. The molecular formula is C14H12ClFN6O5S. The Kier molecular flexibility index (Phi) is 5.20. The highest BCUT2D eigenvalue weighted by molar-refractivity contribution is 7.90. The summed E-state index contributed by atoms with van der Waals surface area (Å²) in [5.74, 6) is -1.48. The first kappa shape index (κ1) is 19.6. The number of nitrogens with zero attached hydrogens (tertiary/aromatic N) is 4. The fourth-order valence-electron chi connectivity index (χ4n) is 2.18. The predicted molar refractivity (Wildman–Crippen MR) is 94.6 cm³/mol. The Balaban J connectivity index is 1.88. The van der Waals surface area contributed by atoms with E-state index in [1.165, 1.54) is 32.4 Å². The lowest BCUT2D eigenvalue weighted by molar-refractivity contribution is 0.256. The molecular weight excluding hydrogens is 419 g/mol. The molecule has 3 aromatic heterocycles. The minimum Gasteiger partial charge on any atom is -0.481 e. The van der Waals surface area contributed by atoms with Crippen molar-refractivity contribution < 1.29 is 27.1 Å². The number of sulfonamides is 1. The Morgan fingerprint density at radius 3 is 2.43 bits per heavy atom. The van der Waals surface area contributed by atoms with E-state index in [1.54, 1.807) is 4.72 Å². The summed E-state index contributed by atoms with van der Waals surface area (Å²) in [6.07, 6.45) is 1.15. The second-order valence-electron chi connectivity index (χ2n) is 5.12. The summed E-state index contributed by atoms with van der Waals surface area (Å²) in [4.78, 5) is 23.2. The Bertz CT molecular complexity index is 1150. The van der Waals surface area contributed by atoms with E-state index in [0.717, 1.165) is 10.6 Å². The number of fused-ring (bicyclic) bond motifs is 1. The third-order valence-corrected chi connectivity index (χ3v) is 4.86. The molecule has 0 aromatic carbocycles. The van der Waals surface area contributed by atoms with Crippen molar-refractivity contribution in [1.82, 2.24) is 24.1 Å². The van der Waals surface area contributed by atoms with E-state index in [0.29, 0.717) is 0 Å². The summed E-state index contributed by atoms with van der Waals surface area (Å²) < 4.78 is 51.5. The van der Waals surface area contributed by atoms with Crippen LogP contribution in [0.5, 0.6) is 11.8 Å². The summed E-state index contributed by atoms with van der Waals surface area (Å²) in [5.41, 5.74) is -0.0106. The highest BCUT2D eigenvalue weighted by atomic mass is 35.5. The third-order valence-electron chi connectivity index (χ3n) is 3.30. The van der Waals surface area contributed by atoms with Gasteiger partial charge in [0.2, 0.25) is 22.7 Å². The largest absolute Gasteiger partial charge is 0.481 e. The Morgan fingerprint density at radius 1 is 1.18 bits per heavy atom. The van der Waals surface area contributed by atoms with Gasteiger partial charge in [-0.05, 0) is 12.1 Å². The first-order valence-corrected chi connectivity index (χ1v) is 9.23. The quantitative estimate of drug-likeness (QED) is 0.620. The maximum absolute atomic E-state index is 14.1. The predicted octanol–water partition coefficient (Wildman–Crippen LogP) is 1.44. The molecule has 0 aliphatic rings. The number of rotatable bonds is 5. The van der Waals surface area contributed by atoms with E-state index in [2.05, 4.69) is 20.3 Å². The molecule has 0 spiro atoms. The Morgan fingerprint density at radius 2 is 1.82 bits per heavy atom. The highest BCUT2D eigenvalue weighted by Crippen LogP contribution is 2.20. The van der Waals surface area contributed by atoms with Gasteiger partial charge in [0.25, 0.3) is 16.0 Å². The molecule has 148 valence electrons. The van der Waals surface area contributed by atoms with Crippen molar-refractivity contribution in [1.29, 1.82) is 0 Å². The lowest BCUT2D eigenvalue weighted by atomic mass is 10.5. The minimum atomic E-state index is -4.65. The molecule has 28 heavy (non-hydrogen) atoms. The number of urea groups is 1. The normalized spacial score (nSPS) is 11.3. The monoisotopic (exact) mass is 430 g/mol. The topological polar surface area (TPSA) is 137 Å². The van der Waals surface area contributed by atoms with Crippen LogP contribution in [0.3, 0.4) is 0 Å². The van der Waals surface area contributed by atoms with Crippen LogP contribution >= 0.6 is 11.6 Å². The van der Waals surface area contributed by atoms with Gasteiger partial charge in [-0.15, -0.1) is 0 Å². The van der Waals surface area contributed by atoms with Crippen LogP contribution in [0.15, 0.2) is 29.4 Å². The molecule has 3 aromatic rings. The molecule has 11 nitrogen and oxygen atoms in total. The number of halogens is 2. The summed E-state index contributed by atoms with van der Waals surface area (Å²) in [7, 11) is -2.00. The van der Waals surface area contributed by atoms with Crippen molar-refractivity contribution in [3.05, 3.63) is 35.4 Å². The zero-order valence-corrected chi connectivity index (χ0v) is 15.9. The summed E-state index contributed by atoms with van der Waals surface area (Å²) in [5, 5.41) is 1.36. The van der Waals surface area contributed by atoms with Crippen molar-refractivity contribution in [2.45, 2.75) is 5.03 Å². The number of aromatic nitrogens is 4. The number of hydrogen-bond acceptors (Lipinski definition) is 8. The molecule has 0 fully saturated rings. The van der Waals surface area contributed by atoms with Crippen LogP contribution in [0.4, 0.5) is 15.1 Å². The third kappa shape index (κ3) is 3.89. The Labute approximate surface area is 162 Å². The van der Waals surface area contributed by atoms with Gasteiger partial charge in [-0.2, -0.15) is 27.8 Å². The Hall–Kier alpha value is -3.19. The van der Waals surface area contributed by atoms with Crippen LogP contribution in [0.1, 0.15) is 0 Å². The molecule has 0 saturated heterocycles. The fourth-order valence-corrected chi connectivity index (χ4v) is 3.40. The number of methoxy groups -OCH3 is 2. The number of carbonyl (C=O) groups is 1. The molecule has 3 heterocycles. The van der Waals surface area contributed by atoms with Crippen LogP contribution in [-0.2, 0) is 10.0 Å². The van der Waals surface area contributed by atoms with Crippen LogP contribution < -0.4 is 19.5 Å². The zero-order valence-electron chi connectivity index (χ0n) is 14.3. The fraction of sp³-hybridized carbons (Fsp3) is 0.143. The van der Waals surface area contributed by atoms with Crippen molar-refractivity contribution in [2.24, 2.45) is 0 Å². The van der Waals surface area contributed by atoms with Crippen molar-refractivity contribution in [3.63, 3.8) is 0 Å². The van der Waals surface area contributed by atoms with Crippen molar-refractivity contribution in [3.8, 4) is 11.8 Å². The standard InChI is InChI=1S/C14H12ClFN6O5S/c1-26-9-5-10(27-2)19-13(18-9)20-14(23)21-28(24,25)12-11(16)17-8-4-3-7(15)6-22(8)12/h3-6H,1-2H3,(H2,18,19,20,21,23). The number of imidazole rings is 1. The molecule has 0 atom stereocenters. The van der Waals surface area contributed by atoms with Gasteiger partial charge in [0, 0.05) is 6.20 Å². The van der Waals surface area contributed by atoms with E-state index in [1.807, 2.05) is 0 Å². The van der Waals surface area contributed by atoms with Crippen molar-refractivity contribution >= 4 is 39.3 Å². The lowest BCUT2D eigenvalue weighted by Gasteiger charge is -2.09. The summed E-state index contributed by atoms with van der Waals surface area (Å²) >= 11 is 5.81. The number of hydrogen-bond donors (Lipinski definition) is 2. The van der Waals surface area contributed by atoms with Gasteiger partial charge in [-0.25, -0.2) is 9.52 Å². The number of carbonyl (C=O) groups excluding carboxylic acids is 1. The molecule has 2 amide bonds. The maximum atomic E-state index is 14.1. The molecule has 0 aliphatic heterocycles.